The quantitative estimate of drug-likeness (QED) is 0.476. The van der Waals surface area contributed by atoms with E-state index in [2.05, 4.69) is 20.9 Å². The van der Waals surface area contributed by atoms with Crippen LogP contribution in [-0.4, -0.2) is 27.1 Å². The van der Waals surface area contributed by atoms with Gasteiger partial charge < -0.3 is 14.9 Å². The van der Waals surface area contributed by atoms with Crippen LogP contribution >= 0.6 is 15.9 Å². The van der Waals surface area contributed by atoms with Crippen LogP contribution in [0.15, 0.2) is 4.60 Å². The Balaban J connectivity index is 2.80. The minimum Gasteiger partial charge on any atom is -0.464 e. The van der Waals surface area contributed by atoms with E-state index in [9.17, 15) is 14.9 Å². The summed E-state index contributed by atoms with van der Waals surface area (Å²) < 4.78 is 6.60. The Morgan fingerprint density at radius 2 is 2.31 bits per heavy atom. The molecule has 7 nitrogen and oxygen atoms in total. The minimum absolute atomic E-state index is 0.155. The molecule has 8 heteroatoms. The van der Waals surface area contributed by atoms with Crippen LogP contribution in [0.2, 0.25) is 0 Å². The summed E-state index contributed by atoms with van der Waals surface area (Å²) in [4.78, 5) is 24.3. The molecule has 0 aliphatic carbocycles. The number of ether oxygens (including phenoxy) is 1. The third-order valence-electron chi connectivity index (χ3n) is 1.87. The van der Waals surface area contributed by atoms with Crippen molar-refractivity contribution in [1.82, 2.24) is 9.55 Å². The SMILES string of the molecule is CC(=O)OCCn1c(C)nc([N+](=O)[O-])c1Br. The lowest BCUT2D eigenvalue weighted by molar-refractivity contribution is -0.390. The molecule has 1 heterocycles. The van der Waals surface area contributed by atoms with Crippen molar-refractivity contribution in [2.75, 3.05) is 6.61 Å². The zero-order valence-corrected chi connectivity index (χ0v) is 10.4. The fourth-order valence-electron chi connectivity index (χ4n) is 1.18. The predicted octanol–water partition coefficient (Wildman–Crippen LogP) is 1.43. The molecule has 1 aromatic rings. The third kappa shape index (κ3) is 2.78. The molecule has 0 atom stereocenters. The van der Waals surface area contributed by atoms with Gasteiger partial charge in [0.05, 0.1) is 6.54 Å². The highest BCUT2D eigenvalue weighted by Crippen LogP contribution is 2.24. The predicted molar refractivity (Wildman–Crippen MR) is 58.0 cm³/mol. The van der Waals surface area contributed by atoms with E-state index in [1.165, 1.54) is 6.92 Å². The molecule has 0 N–H and O–H groups in total. The summed E-state index contributed by atoms with van der Waals surface area (Å²) in [7, 11) is 0. The van der Waals surface area contributed by atoms with Crippen LogP contribution in [0.25, 0.3) is 0 Å². The lowest BCUT2D eigenvalue weighted by Crippen LogP contribution is -2.10. The van der Waals surface area contributed by atoms with Crippen LogP contribution in [0.5, 0.6) is 0 Å². The van der Waals surface area contributed by atoms with Gasteiger partial charge in [0.2, 0.25) is 5.82 Å². The molecule has 0 spiro atoms. The zero-order valence-electron chi connectivity index (χ0n) is 8.77. The maximum atomic E-state index is 10.6. The van der Waals surface area contributed by atoms with Gasteiger partial charge in [-0.25, -0.2) is 0 Å². The van der Waals surface area contributed by atoms with Gasteiger partial charge in [-0.1, -0.05) is 0 Å². The van der Waals surface area contributed by atoms with Gasteiger partial charge >= 0.3 is 11.8 Å². The van der Waals surface area contributed by atoms with Crippen LogP contribution < -0.4 is 0 Å². The molecular weight excluding hydrogens is 282 g/mol. The maximum absolute atomic E-state index is 10.6. The Bertz CT molecular complexity index is 429. The summed E-state index contributed by atoms with van der Waals surface area (Å²) in [5.74, 6) is -0.130. The average Bonchev–Trinajstić information content (AvgIpc) is 2.44. The highest BCUT2D eigenvalue weighted by Gasteiger charge is 2.22. The summed E-state index contributed by atoms with van der Waals surface area (Å²) >= 11 is 3.09. The van der Waals surface area contributed by atoms with E-state index in [1.807, 2.05) is 0 Å². The van der Waals surface area contributed by atoms with Crippen LogP contribution in [-0.2, 0) is 16.1 Å². The molecular formula is C8H10BrN3O4. The Morgan fingerprint density at radius 3 is 2.75 bits per heavy atom. The van der Waals surface area contributed by atoms with E-state index < -0.39 is 4.92 Å². The number of esters is 1. The molecule has 0 fully saturated rings. The van der Waals surface area contributed by atoms with E-state index >= 15 is 0 Å². The van der Waals surface area contributed by atoms with E-state index in [4.69, 9.17) is 4.74 Å². The van der Waals surface area contributed by atoms with Gasteiger partial charge in [0.1, 0.15) is 6.61 Å². The number of hydrogen-bond donors (Lipinski definition) is 0. The number of hydrogen-bond acceptors (Lipinski definition) is 5. The molecule has 0 amide bonds. The van der Waals surface area contributed by atoms with E-state index in [-0.39, 0.29) is 23.0 Å². The van der Waals surface area contributed by atoms with Crippen molar-refractivity contribution in [1.29, 1.82) is 0 Å². The maximum Gasteiger partial charge on any atom is 0.396 e. The molecule has 16 heavy (non-hydrogen) atoms. The van der Waals surface area contributed by atoms with Gasteiger partial charge in [0, 0.05) is 13.8 Å². The monoisotopic (exact) mass is 291 g/mol. The van der Waals surface area contributed by atoms with Crippen LogP contribution in [0, 0.1) is 17.0 Å². The lowest BCUT2D eigenvalue weighted by atomic mass is 10.6. The van der Waals surface area contributed by atoms with E-state index in [0.717, 1.165) is 0 Å². The molecule has 0 unspecified atom stereocenters. The third-order valence-corrected chi connectivity index (χ3v) is 2.66. The molecule has 0 aliphatic heterocycles. The van der Waals surface area contributed by atoms with Crippen molar-refractivity contribution < 1.29 is 14.5 Å². The minimum atomic E-state index is -0.570. The number of aryl methyl sites for hydroxylation is 1. The van der Waals surface area contributed by atoms with Gasteiger partial charge in [0.25, 0.3) is 0 Å². The summed E-state index contributed by atoms with van der Waals surface area (Å²) in [6, 6.07) is 0. The lowest BCUT2D eigenvalue weighted by Gasteiger charge is -2.04. The van der Waals surface area contributed by atoms with Gasteiger partial charge in [-0.2, -0.15) is 0 Å². The molecule has 0 radical (unpaired) electrons. The Kier molecular flexibility index (Phi) is 3.99. The molecule has 88 valence electrons. The van der Waals surface area contributed by atoms with Crippen molar-refractivity contribution in [3.8, 4) is 0 Å². The number of nitro groups is 1. The van der Waals surface area contributed by atoms with Gasteiger partial charge in [-0.3, -0.25) is 9.36 Å². The van der Waals surface area contributed by atoms with Crippen LogP contribution in [0.4, 0.5) is 5.82 Å². The molecule has 1 rings (SSSR count). The number of halogens is 1. The van der Waals surface area contributed by atoms with E-state index in [1.54, 1.807) is 11.5 Å². The number of carbonyl (C=O) groups excluding carboxylic acids is 1. The second kappa shape index (κ2) is 5.06. The first kappa shape index (κ1) is 12.6. The second-order valence-corrected chi connectivity index (χ2v) is 3.77. The van der Waals surface area contributed by atoms with Crippen LogP contribution in [0.3, 0.4) is 0 Å². The Morgan fingerprint density at radius 1 is 1.69 bits per heavy atom. The number of carbonyl (C=O) groups is 1. The molecule has 0 aliphatic rings. The topological polar surface area (TPSA) is 87.3 Å². The second-order valence-electron chi connectivity index (χ2n) is 3.02. The summed E-state index contributed by atoms with van der Waals surface area (Å²) in [6.07, 6.45) is 0. The van der Waals surface area contributed by atoms with Crippen molar-refractivity contribution >= 4 is 27.7 Å². The molecule has 1 aromatic heterocycles. The highest BCUT2D eigenvalue weighted by molar-refractivity contribution is 9.10. The standard InChI is InChI=1S/C8H10BrN3O4/c1-5-10-8(12(14)15)7(9)11(5)3-4-16-6(2)13/h3-4H2,1-2H3. The number of imidazole rings is 1. The number of rotatable bonds is 4. The number of aromatic nitrogens is 2. The van der Waals surface area contributed by atoms with Crippen LogP contribution in [0.1, 0.15) is 12.7 Å². The van der Waals surface area contributed by atoms with Gasteiger partial charge in [0.15, 0.2) is 4.60 Å². The Labute approximate surface area is 99.7 Å². The Hall–Kier alpha value is -1.44. The van der Waals surface area contributed by atoms with Gasteiger partial charge in [-0.15, -0.1) is 0 Å². The fourth-order valence-corrected chi connectivity index (χ4v) is 1.85. The molecule has 0 saturated heterocycles. The van der Waals surface area contributed by atoms with Crippen molar-refractivity contribution in [2.45, 2.75) is 20.4 Å². The summed E-state index contributed by atoms with van der Waals surface area (Å²) in [5, 5.41) is 10.6. The number of nitrogens with zero attached hydrogens (tertiary/aromatic N) is 3. The van der Waals surface area contributed by atoms with E-state index in [0.29, 0.717) is 12.4 Å². The van der Waals surface area contributed by atoms with Crippen molar-refractivity contribution in [3.05, 3.63) is 20.5 Å². The highest BCUT2D eigenvalue weighted by atomic mass is 79.9. The van der Waals surface area contributed by atoms with Gasteiger partial charge in [-0.05, 0) is 25.8 Å². The smallest absolute Gasteiger partial charge is 0.396 e. The summed E-state index contributed by atoms with van der Waals surface area (Å²) in [5.41, 5.74) is 0. The van der Waals surface area contributed by atoms with Crippen molar-refractivity contribution in [3.63, 3.8) is 0 Å². The first-order chi connectivity index (χ1) is 7.43. The average molecular weight is 292 g/mol. The molecule has 0 saturated carbocycles. The first-order valence-electron chi connectivity index (χ1n) is 4.44. The normalized spacial score (nSPS) is 10.2. The fraction of sp³-hybridized carbons (Fsp3) is 0.500. The molecule has 0 aromatic carbocycles. The summed E-state index contributed by atoms with van der Waals surface area (Å²) in [6.45, 7) is 3.43. The largest absolute Gasteiger partial charge is 0.464 e. The van der Waals surface area contributed by atoms with Crippen molar-refractivity contribution in [2.24, 2.45) is 0 Å². The zero-order chi connectivity index (χ0) is 12.3. The molecule has 0 bridgehead atoms. The first-order valence-corrected chi connectivity index (χ1v) is 5.23.